The molecular weight excluding hydrogens is 139 g/mol. The van der Waals surface area contributed by atoms with Crippen molar-refractivity contribution in [1.29, 1.82) is 0 Å². The van der Waals surface area contributed by atoms with Crippen LogP contribution in [0.3, 0.4) is 0 Å². The highest BCUT2D eigenvalue weighted by Gasteiger charge is 2.52. The molecule has 0 saturated heterocycles. The molecule has 1 fully saturated rings. The monoisotopic (exact) mass is 148 g/mol. The fraction of sp³-hybridized carbons (Fsp3) is 0.833. The predicted octanol–water partition coefficient (Wildman–Crippen LogP) is 0.182. The number of aliphatic carboxylic acids is 1. The van der Waals surface area contributed by atoms with E-state index in [1.54, 1.807) is 0 Å². The van der Waals surface area contributed by atoms with Crippen LogP contribution in [0.25, 0.3) is 0 Å². The normalized spacial score (nSPS) is 23.8. The van der Waals surface area contributed by atoms with E-state index in [0.717, 1.165) is 0 Å². The molecule has 0 heterocycles. The van der Waals surface area contributed by atoms with Gasteiger partial charge in [-0.05, 0) is 12.8 Å². The van der Waals surface area contributed by atoms with Crippen LogP contribution in [-0.4, -0.2) is 29.0 Å². The van der Waals surface area contributed by atoms with E-state index in [0.29, 0.717) is 12.8 Å². The van der Waals surface area contributed by atoms with Gasteiger partial charge in [0, 0.05) is 5.41 Å². The minimum absolute atomic E-state index is 0.483. The third-order valence-electron chi connectivity index (χ3n) is 1.97. The zero-order valence-electron chi connectivity index (χ0n) is 5.38. The van der Waals surface area contributed by atoms with E-state index in [4.69, 9.17) is 10.2 Å². The van der Waals surface area contributed by atoms with E-state index in [-0.39, 0.29) is 0 Å². The first kappa shape index (κ1) is 7.47. The van der Waals surface area contributed by atoms with Crippen LogP contribution in [0.1, 0.15) is 12.8 Å². The fourth-order valence-electron chi connectivity index (χ4n) is 0.903. The Morgan fingerprint density at radius 3 is 2.30 bits per heavy atom. The molecule has 1 atom stereocenters. The second-order valence-corrected chi connectivity index (χ2v) is 2.74. The SMILES string of the molecule is O=C(O)C(O)C1(CF)CC1. The lowest BCUT2D eigenvalue weighted by Gasteiger charge is -2.13. The van der Waals surface area contributed by atoms with Gasteiger partial charge in [-0.3, -0.25) is 4.39 Å². The van der Waals surface area contributed by atoms with Gasteiger partial charge in [0.2, 0.25) is 0 Å². The van der Waals surface area contributed by atoms with Crippen molar-refractivity contribution in [2.75, 3.05) is 6.67 Å². The van der Waals surface area contributed by atoms with Crippen molar-refractivity contribution in [1.82, 2.24) is 0 Å². The summed E-state index contributed by atoms with van der Waals surface area (Å²) < 4.78 is 12.0. The average Bonchev–Trinajstić information content (AvgIpc) is 2.66. The summed E-state index contributed by atoms with van der Waals surface area (Å²) in [5.74, 6) is -1.32. The number of aliphatic hydroxyl groups is 1. The maximum absolute atomic E-state index is 12.0. The lowest BCUT2D eigenvalue weighted by Crippen LogP contribution is -2.32. The van der Waals surface area contributed by atoms with Crippen LogP contribution >= 0.6 is 0 Å². The predicted molar refractivity (Wildman–Crippen MR) is 31.3 cm³/mol. The molecule has 0 amide bonds. The summed E-state index contributed by atoms with van der Waals surface area (Å²) in [4.78, 5) is 10.1. The number of aliphatic hydroxyl groups excluding tert-OH is 1. The quantitative estimate of drug-likeness (QED) is 0.600. The van der Waals surface area contributed by atoms with Gasteiger partial charge in [-0.25, -0.2) is 4.79 Å². The van der Waals surface area contributed by atoms with Gasteiger partial charge in [-0.15, -0.1) is 0 Å². The maximum Gasteiger partial charge on any atom is 0.333 e. The molecule has 1 rings (SSSR count). The van der Waals surface area contributed by atoms with Crippen LogP contribution in [0.5, 0.6) is 0 Å². The van der Waals surface area contributed by atoms with Gasteiger partial charge in [0.25, 0.3) is 0 Å². The Hall–Kier alpha value is -0.640. The first-order chi connectivity index (χ1) is 4.62. The molecule has 0 aliphatic heterocycles. The largest absolute Gasteiger partial charge is 0.479 e. The van der Waals surface area contributed by atoms with Crippen LogP contribution in [0.15, 0.2) is 0 Å². The Morgan fingerprint density at radius 1 is 1.70 bits per heavy atom. The molecule has 10 heavy (non-hydrogen) atoms. The number of hydrogen-bond acceptors (Lipinski definition) is 2. The minimum Gasteiger partial charge on any atom is -0.479 e. The number of carboxylic acid groups (broad SMARTS) is 1. The molecule has 4 heteroatoms. The Morgan fingerprint density at radius 2 is 2.20 bits per heavy atom. The molecule has 0 aromatic rings. The molecule has 1 aliphatic carbocycles. The number of alkyl halides is 1. The third kappa shape index (κ3) is 0.988. The van der Waals surface area contributed by atoms with Crippen molar-refractivity contribution >= 4 is 5.97 Å². The minimum atomic E-state index is -1.52. The molecule has 0 bridgehead atoms. The highest BCUT2D eigenvalue weighted by Crippen LogP contribution is 2.49. The van der Waals surface area contributed by atoms with Gasteiger partial charge >= 0.3 is 5.97 Å². The number of hydrogen-bond donors (Lipinski definition) is 2. The van der Waals surface area contributed by atoms with Crippen molar-refractivity contribution in [3.63, 3.8) is 0 Å². The van der Waals surface area contributed by atoms with Crippen molar-refractivity contribution in [3.05, 3.63) is 0 Å². The van der Waals surface area contributed by atoms with Gasteiger partial charge in [-0.1, -0.05) is 0 Å². The summed E-state index contributed by atoms with van der Waals surface area (Å²) in [5, 5.41) is 17.1. The summed E-state index contributed by atoms with van der Waals surface area (Å²) in [6.45, 7) is -0.736. The summed E-state index contributed by atoms with van der Waals surface area (Å²) in [7, 11) is 0. The fourth-order valence-corrected chi connectivity index (χ4v) is 0.903. The number of halogens is 1. The smallest absolute Gasteiger partial charge is 0.333 e. The lowest BCUT2D eigenvalue weighted by molar-refractivity contribution is -0.151. The van der Waals surface area contributed by atoms with E-state index < -0.39 is 24.2 Å². The number of carboxylic acids is 1. The molecule has 58 valence electrons. The summed E-state index contributed by atoms with van der Waals surface area (Å²) in [6.07, 6.45) is -0.550. The van der Waals surface area contributed by atoms with E-state index in [9.17, 15) is 9.18 Å². The summed E-state index contributed by atoms with van der Waals surface area (Å²) >= 11 is 0. The Kier molecular flexibility index (Phi) is 1.64. The van der Waals surface area contributed by atoms with Crippen molar-refractivity contribution in [3.8, 4) is 0 Å². The highest BCUT2D eigenvalue weighted by atomic mass is 19.1. The Balaban J connectivity index is 2.55. The molecular formula is C6H9FO3. The second kappa shape index (κ2) is 2.20. The molecule has 2 N–H and O–H groups in total. The van der Waals surface area contributed by atoms with Crippen LogP contribution in [0.4, 0.5) is 4.39 Å². The van der Waals surface area contributed by atoms with E-state index in [1.807, 2.05) is 0 Å². The third-order valence-corrected chi connectivity index (χ3v) is 1.97. The van der Waals surface area contributed by atoms with Gasteiger partial charge in [-0.2, -0.15) is 0 Å². The second-order valence-electron chi connectivity index (χ2n) is 2.74. The highest BCUT2D eigenvalue weighted by molar-refractivity contribution is 5.73. The van der Waals surface area contributed by atoms with E-state index in [1.165, 1.54) is 0 Å². The van der Waals surface area contributed by atoms with Gasteiger partial charge in [0.15, 0.2) is 6.10 Å². The summed E-state index contributed by atoms with van der Waals surface area (Å²) in [6, 6.07) is 0. The van der Waals surface area contributed by atoms with Crippen LogP contribution in [-0.2, 0) is 4.79 Å². The molecule has 0 aromatic carbocycles. The van der Waals surface area contributed by atoms with Gasteiger partial charge < -0.3 is 10.2 Å². The molecule has 3 nitrogen and oxygen atoms in total. The summed E-state index contributed by atoms with van der Waals surface area (Å²) in [5.41, 5.74) is -0.939. The average molecular weight is 148 g/mol. The van der Waals surface area contributed by atoms with Crippen LogP contribution < -0.4 is 0 Å². The number of rotatable bonds is 3. The molecule has 0 radical (unpaired) electrons. The standard InChI is InChI=1S/C6H9FO3/c7-3-6(1-2-6)4(8)5(9)10/h4,8H,1-3H2,(H,9,10). The van der Waals surface area contributed by atoms with Crippen molar-refractivity contribution < 1.29 is 19.4 Å². The van der Waals surface area contributed by atoms with Crippen molar-refractivity contribution in [2.45, 2.75) is 18.9 Å². The van der Waals surface area contributed by atoms with Crippen molar-refractivity contribution in [2.24, 2.45) is 5.41 Å². The molecule has 0 spiro atoms. The molecule has 1 saturated carbocycles. The van der Waals surface area contributed by atoms with Gasteiger partial charge in [0.1, 0.15) is 0 Å². The molecule has 1 aliphatic rings. The maximum atomic E-state index is 12.0. The van der Waals surface area contributed by atoms with Gasteiger partial charge in [0.05, 0.1) is 6.67 Å². The van der Waals surface area contributed by atoms with Crippen LogP contribution in [0.2, 0.25) is 0 Å². The first-order valence-corrected chi connectivity index (χ1v) is 3.09. The zero-order chi connectivity index (χ0) is 7.78. The van der Waals surface area contributed by atoms with E-state index in [2.05, 4.69) is 0 Å². The molecule has 0 aromatic heterocycles. The Bertz CT molecular complexity index is 153. The van der Waals surface area contributed by atoms with E-state index >= 15 is 0 Å². The lowest BCUT2D eigenvalue weighted by atomic mass is 10.0. The Labute approximate surface area is 57.5 Å². The zero-order valence-corrected chi connectivity index (χ0v) is 5.38. The van der Waals surface area contributed by atoms with Crippen LogP contribution in [0, 0.1) is 5.41 Å². The topological polar surface area (TPSA) is 57.5 Å². The molecule has 1 unspecified atom stereocenters. The number of carbonyl (C=O) groups is 1. The first-order valence-electron chi connectivity index (χ1n) is 3.09.